The van der Waals surface area contributed by atoms with Gasteiger partial charge in [0.25, 0.3) is 0 Å². The number of benzene rings is 1. The van der Waals surface area contributed by atoms with Crippen LogP contribution in [0.4, 0.5) is 0 Å². The van der Waals surface area contributed by atoms with Crippen LogP contribution < -0.4 is 0 Å². The molecule has 0 N–H and O–H groups in total. The maximum atomic E-state index is 4.41. The number of fused-ring (bicyclic) bond motifs is 1. The molecule has 0 fully saturated rings. The molecule has 0 radical (unpaired) electrons. The highest BCUT2D eigenvalue weighted by Gasteiger charge is 2.08. The molecule has 3 rings (SSSR count). The summed E-state index contributed by atoms with van der Waals surface area (Å²) in [7, 11) is 0. The Balaban J connectivity index is 2.22. The van der Waals surface area contributed by atoms with Crippen molar-refractivity contribution in [2.24, 2.45) is 0 Å². The summed E-state index contributed by atoms with van der Waals surface area (Å²) >= 11 is 1.55. The summed E-state index contributed by atoms with van der Waals surface area (Å²) in [6, 6.07) is 8.20. The van der Waals surface area contributed by atoms with Gasteiger partial charge >= 0.3 is 0 Å². The van der Waals surface area contributed by atoms with Crippen molar-refractivity contribution < 1.29 is 0 Å². The summed E-state index contributed by atoms with van der Waals surface area (Å²) < 4.78 is 1.70. The highest BCUT2D eigenvalue weighted by molar-refractivity contribution is 7.19. The summed E-state index contributed by atoms with van der Waals surface area (Å²) in [5.41, 5.74) is 2.38. The first-order valence-corrected chi connectivity index (χ1v) is 5.39. The van der Waals surface area contributed by atoms with Gasteiger partial charge in [0, 0.05) is 5.56 Å². The molecule has 0 aliphatic carbocycles. The predicted molar refractivity (Wildman–Crippen MR) is 58.8 cm³/mol. The van der Waals surface area contributed by atoms with Crippen molar-refractivity contribution in [1.82, 2.24) is 19.8 Å². The van der Waals surface area contributed by atoms with Crippen LogP contribution in [0, 0.1) is 6.92 Å². The van der Waals surface area contributed by atoms with Crippen LogP contribution in [-0.2, 0) is 0 Å². The smallest absolute Gasteiger partial charge is 0.190 e. The van der Waals surface area contributed by atoms with E-state index in [1.54, 1.807) is 22.2 Å². The van der Waals surface area contributed by atoms with E-state index >= 15 is 0 Å². The third-order valence-corrected chi connectivity index (χ3v) is 3.21. The Labute approximate surface area is 90.2 Å². The molecule has 1 aromatic carbocycles. The predicted octanol–water partition coefficient (Wildman–Crippen LogP) is 2.16. The lowest BCUT2D eigenvalue weighted by Crippen LogP contribution is -1.84. The SMILES string of the molecule is Cc1ccccc1-c1nn2cnnc2s1. The molecule has 0 saturated carbocycles. The van der Waals surface area contributed by atoms with Gasteiger partial charge in [0.1, 0.15) is 11.3 Å². The van der Waals surface area contributed by atoms with E-state index in [0.29, 0.717) is 0 Å². The van der Waals surface area contributed by atoms with Gasteiger partial charge in [-0.15, -0.1) is 10.2 Å². The first kappa shape index (κ1) is 8.55. The summed E-state index contributed by atoms with van der Waals surface area (Å²) in [5, 5.41) is 13.1. The summed E-state index contributed by atoms with van der Waals surface area (Å²) in [4.78, 5) is 0.827. The molecule has 2 heterocycles. The third-order valence-electron chi connectivity index (χ3n) is 2.26. The highest BCUT2D eigenvalue weighted by Crippen LogP contribution is 2.26. The Morgan fingerprint density at radius 2 is 2.13 bits per heavy atom. The molecule has 0 bridgehead atoms. The molecule has 0 aliphatic rings. The van der Waals surface area contributed by atoms with E-state index < -0.39 is 0 Å². The van der Waals surface area contributed by atoms with Gasteiger partial charge in [-0.25, -0.2) is 0 Å². The summed E-state index contributed by atoms with van der Waals surface area (Å²) in [5.74, 6) is 0. The molecule has 74 valence electrons. The molecule has 3 aromatic rings. The number of aryl methyl sites for hydroxylation is 1. The molecule has 5 heteroatoms. The van der Waals surface area contributed by atoms with Gasteiger partial charge < -0.3 is 0 Å². The molecule has 0 spiro atoms. The lowest BCUT2D eigenvalue weighted by molar-refractivity contribution is 0.959. The zero-order chi connectivity index (χ0) is 10.3. The molecule has 0 amide bonds. The van der Waals surface area contributed by atoms with E-state index in [-0.39, 0.29) is 0 Å². The fraction of sp³-hybridized carbons (Fsp3) is 0.100. The first-order valence-electron chi connectivity index (χ1n) is 4.57. The van der Waals surface area contributed by atoms with Crippen molar-refractivity contribution in [3.63, 3.8) is 0 Å². The van der Waals surface area contributed by atoms with Gasteiger partial charge in [-0.05, 0) is 12.5 Å². The van der Waals surface area contributed by atoms with Crippen molar-refractivity contribution in [3.8, 4) is 10.6 Å². The topological polar surface area (TPSA) is 43.1 Å². The van der Waals surface area contributed by atoms with Crippen LogP contribution in [0.25, 0.3) is 15.5 Å². The van der Waals surface area contributed by atoms with Crippen molar-refractivity contribution in [1.29, 1.82) is 0 Å². The Morgan fingerprint density at radius 3 is 2.93 bits per heavy atom. The van der Waals surface area contributed by atoms with Crippen LogP contribution >= 0.6 is 11.3 Å². The number of hydrogen-bond donors (Lipinski definition) is 0. The Morgan fingerprint density at radius 1 is 1.27 bits per heavy atom. The van der Waals surface area contributed by atoms with E-state index in [1.165, 1.54) is 5.56 Å². The molecular weight excluding hydrogens is 208 g/mol. The number of rotatable bonds is 1. The van der Waals surface area contributed by atoms with Gasteiger partial charge in [-0.2, -0.15) is 9.61 Å². The lowest BCUT2D eigenvalue weighted by Gasteiger charge is -1.98. The van der Waals surface area contributed by atoms with Crippen LogP contribution in [0.2, 0.25) is 0 Å². The zero-order valence-electron chi connectivity index (χ0n) is 8.08. The Kier molecular flexibility index (Phi) is 1.78. The maximum Gasteiger partial charge on any atom is 0.234 e. The van der Waals surface area contributed by atoms with E-state index in [1.807, 2.05) is 12.1 Å². The van der Waals surface area contributed by atoms with Crippen LogP contribution in [0.5, 0.6) is 0 Å². The fourth-order valence-corrected chi connectivity index (χ4v) is 2.39. The third kappa shape index (κ3) is 1.32. The van der Waals surface area contributed by atoms with Crippen molar-refractivity contribution in [2.75, 3.05) is 0 Å². The molecule has 15 heavy (non-hydrogen) atoms. The minimum absolute atomic E-state index is 0.827. The molecule has 0 aliphatic heterocycles. The van der Waals surface area contributed by atoms with Crippen LogP contribution in [0.1, 0.15) is 5.56 Å². The molecule has 0 unspecified atom stereocenters. The minimum Gasteiger partial charge on any atom is -0.190 e. The van der Waals surface area contributed by atoms with Gasteiger partial charge in [0.15, 0.2) is 0 Å². The van der Waals surface area contributed by atoms with E-state index in [0.717, 1.165) is 15.5 Å². The minimum atomic E-state index is 0.827. The monoisotopic (exact) mass is 216 g/mol. The average molecular weight is 216 g/mol. The van der Waals surface area contributed by atoms with Crippen LogP contribution in [0.15, 0.2) is 30.6 Å². The maximum absolute atomic E-state index is 4.41. The van der Waals surface area contributed by atoms with Crippen molar-refractivity contribution >= 4 is 16.3 Å². The van der Waals surface area contributed by atoms with Crippen molar-refractivity contribution in [2.45, 2.75) is 6.92 Å². The second-order valence-electron chi connectivity index (χ2n) is 3.28. The van der Waals surface area contributed by atoms with Crippen molar-refractivity contribution in [3.05, 3.63) is 36.2 Å². The quantitative estimate of drug-likeness (QED) is 0.626. The number of aromatic nitrogens is 4. The van der Waals surface area contributed by atoms with Crippen LogP contribution in [0.3, 0.4) is 0 Å². The zero-order valence-corrected chi connectivity index (χ0v) is 8.90. The van der Waals surface area contributed by atoms with E-state index in [4.69, 9.17) is 0 Å². The molecule has 0 saturated heterocycles. The van der Waals surface area contributed by atoms with E-state index in [2.05, 4.69) is 34.4 Å². The molecule has 0 atom stereocenters. The average Bonchev–Trinajstić information content (AvgIpc) is 2.77. The van der Waals surface area contributed by atoms with Gasteiger partial charge in [0.05, 0.1) is 0 Å². The lowest BCUT2D eigenvalue weighted by atomic mass is 10.1. The number of nitrogens with zero attached hydrogens (tertiary/aromatic N) is 4. The normalized spacial score (nSPS) is 11.0. The second-order valence-corrected chi connectivity index (χ2v) is 4.24. The van der Waals surface area contributed by atoms with Gasteiger partial charge in [-0.1, -0.05) is 35.6 Å². The number of hydrogen-bond acceptors (Lipinski definition) is 4. The Hall–Kier alpha value is -1.75. The van der Waals surface area contributed by atoms with Crippen LogP contribution in [-0.4, -0.2) is 19.8 Å². The standard InChI is InChI=1S/C10H8N4S/c1-7-4-2-3-5-8(7)9-13-14-6-11-12-10(14)15-9/h2-6H,1H3. The molecule has 2 aromatic heterocycles. The van der Waals surface area contributed by atoms with Gasteiger partial charge in [-0.3, -0.25) is 0 Å². The summed E-state index contributed by atoms with van der Waals surface area (Å²) in [6.07, 6.45) is 1.62. The molecule has 4 nitrogen and oxygen atoms in total. The molecular formula is C10H8N4S. The second kappa shape index (κ2) is 3.13. The highest BCUT2D eigenvalue weighted by atomic mass is 32.1. The van der Waals surface area contributed by atoms with Gasteiger partial charge in [0.2, 0.25) is 4.96 Å². The fourth-order valence-electron chi connectivity index (χ4n) is 1.48. The van der Waals surface area contributed by atoms with E-state index in [9.17, 15) is 0 Å². The Bertz CT molecular complexity index is 582. The largest absolute Gasteiger partial charge is 0.234 e. The first-order chi connectivity index (χ1) is 7.34. The summed E-state index contributed by atoms with van der Waals surface area (Å²) in [6.45, 7) is 2.08.